The standard InChI is InChI=1S/C21H30N4OS.HI/c1-16-7-10-27-20(16)13-24-21(22-3)23-12-18-5-4-6-19(11-18)15-25-8-9-26-17(2)14-25;/h4-7,10-11,17H,8-9,12-15H2,1-3H3,(H2,22,23,24);1H. The zero-order chi connectivity index (χ0) is 19.1. The van der Waals surface area contributed by atoms with Gasteiger partial charge in [-0.25, -0.2) is 0 Å². The van der Waals surface area contributed by atoms with Gasteiger partial charge in [-0.05, 0) is 42.0 Å². The average Bonchev–Trinajstić information content (AvgIpc) is 3.07. The Morgan fingerprint density at radius 1 is 1.25 bits per heavy atom. The number of thiophene rings is 1. The molecule has 154 valence electrons. The smallest absolute Gasteiger partial charge is 0.191 e. The maximum Gasteiger partial charge on any atom is 0.191 e. The van der Waals surface area contributed by atoms with E-state index in [0.29, 0.717) is 6.10 Å². The van der Waals surface area contributed by atoms with E-state index < -0.39 is 0 Å². The molecule has 2 aromatic rings. The van der Waals surface area contributed by atoms with Gasteiger partial charge in [-0.2, -0.15) is 0 Å². The number of rotatable bonds is 6. The fourth-order valence-electron chi connectivity index (χ4n) is 3.29. The summed E-state index contributed by atoms with van der Waals surface area (Å²) in [6.45, 7) is 9.66. The second kappa shape index (κ2) is 11.7. The Morgan fingerprint density at radius 2 is 2.04 bits per heavy atom. The lowest BCUT2D eigenvalue weighted by molar-refractivity contribution is -0.0212. The minimum atomic E-state index is 0. The fourth-order valence-corrected chi connectivity index (χ4v) is 4.13. The number of morpholine rings is 1. The molecule has 1 aromatic heterocycles. The van der Waals surface area contributed by atoms with E-state index in [1.54, 1.807) is 11.3 Å². The van der Waals surface area contributed by atoms with Crippen molar-refractivity contribution < 1.29 is 4.74 Å². The van der Waals surface area contributed by atoms with Crippen LogP contribution in [-0.4, -0.2) is 43.7 Å². The van der Waals surface area contributed by atoms with Crippen LogP contribution < -0.4 is 10.6 Å². The summed E-state index contributed by atoms with van der Waals surface area (Å²) in [5.41, 5.74) is 3.94. The van der Waals surface area contributed by atoms with Crippen LogP contribution in [0.3, 0.4) is 0 Å². The van der Waals surface area contributed by atoms with Gasteiger partial charge in [0.15, 0.2) is 5.96 Å². The van der Waals surface area contributed by atoms with Crippen LogP contribution in [0.1, 0.15) is 28.5 Å². The highest BCUT2D eigenvalue weighted by molar-refractivity contribution is 14.0. The van der Waals surface area contributed by atoms with Gasteiger partial charge in [-0.1, -0.05) is 24.3 Å². The predicted molar refractivity (Wildman–Crippen MR) is 129 cm³/mol. The molecule has 1 atom stereocenters. The Bertz CT molecular complexity index is 764. The quantitative estimate of drug-likeness (QED) is 0.350. The second-order valence-corrected chi connectivity index (χ2v) is 8.04. The molecule has 3 rings (SSSR count). The highest BCUT2D eigenvalue weighted by atomic mass is 127. The Morgan fingerprint density at radius 3 is 2.75 bits per heavy atom. The molecule has 2 heterocycles. The van der Waals surface area contributed by atoms with Crippen molar-refractivity contribution in [2.24, 2.45) is 4.99 Å². The van der Waals surface area contributed by atoms with Crippen LogP contribution in [-0.2, 0) is 24.4 Å². The van der Waals surface area contributed by atoms with Gasteiger partial charge in [0.05, 0.1) is 19.3 Å². The van der Waals surface area contributed by atoms with E-state index in [1.165, 1.54) is 21.6 Å². The number of aryl methyl sites for hydroxylation is 1. The molecule has 5 nitrogen and oxygen atoms in total. The minimum absolute atomic E-state index is 0. The van der Waals surface area contributed by atoms with Crippen LogP contribution in [0.25, 0.3) is 0 Å². The second-order valence-electron chi connectivity index (χ2n) is 7.04. The van der Waals surface area contributed by atoms with Crippen LogP contribution in [0.5, 0.6) is 0 Å². The van der Waals surface area contributed by atoms with Crippen molar-refractivity contribution in [3.05, 3.63) is 57.3 Å². The summed E-state index contributed by atoms with van der Waals surface area (Å²) in [5, 5.41) is 8.94. The molecular weight excluding hydrogens is 483 g/mol. The predicted octanol–water partition coefficient (Wildman–Crippen LogP) is 3.76. The largest absolute Gasteiger partial charge is 0.376 e. The van der Waals surface area contributed by atoms with Gasteiger partial charge in [0.25, 0.3) is 0 Å². The molecule has 1 fully saturated rings. The lowest BCUT2D eigenvalue weighted by atomic mass is 10.1. The topological polar surface area (TPSA) is 48.9 Å². The molecule has 0 radical (unpaired) electrons. The molecule has 0 saturated carbocycles. The van der Waals surface area contributed by atoms with Gasteiger partial charge in [-0.15, -0.1) is 35.3 Å². The summed E-state index contributed by atoms with van der Waals surface area (Å²) in [6.07, 6.45) is 0.324. The van der Waals surface area contributed by atoms with E-state index in [0.717, 1.165) is 45.3 Å². The Kier molecular flexibility index (Phi) is 9.70. The molecule has 2 N–H and O–H groups in total. The summed E-state index contributed by atoms with van der Waals surface area (Å²) in [5.74, 6) is 0.829. The summed E-state index contributed by atoms with van der Waals surface area (Å²) >= 11 is 1.78. The number of guanidine groups is 1. The molecule has 1 unspecified atom stereocenters. The maximum absolute atomic E-state index is 5.63. The van der Waals surface area contributed by atoms with E-state index in [4.69, 9.17) is 4.74 Å². The van der Waals surface area contributed by atoms with Crippen LogP contribution in [0, 0.1) is 6.92 Å². The Labute approximate surface area is 189 Å². The van der Waals surface area contributed by atoms with Gasteiger partial charge in [0.2, 0.25) is 0 Å². The third-order valence-corrected chi connectivity index (χ3v) is 5.81. The van der Waals surface area contributed by atoms with E-state index in [-0.39, 0.29) is 24.0 Å². The summed E-state index contributed by atoms with van der Waals surface area (Å²) in [4.78, 5) is 8.14. The van der Waals surface area contributed by atoms with Crippen molar-refractivity contribution in [1.82, 2.24) is 15.5 Å². The molecule has 0 amide bonds. The van der Waals surface area contributed by atoms with Crippen LogP contribution in [0.4, 0.5) is 0 Å². The zero-order valence-corrected chi connectivity index (χ0v) is 20.1. The molecule has 0 spiro atoms. The molecule has 0 aliphatic carbocycles. The number of aliphatic imine (C=N–C) groups is 1. The fraction of sp³-hybridized carbons (Fsp3) is 0.476. The van der Waals surface area contributed by atoms with Crippen molar-refractivity contribution in [1.29, 1.82) is 0 Å². The number of nitrogens with zero attached hydrogens (tertiary/aromatic N) is 2. The molecule has 7 heteroatoms. The molecule has 1 aliphatic rings. The highest BCUT2D eigenvalue weighted by Gasteiger charge is 2.16. The first-order valence-corrected chi connectivity index (χ1v) is 10.4. The van der Waals surface area contributed by atoms with Crippen molar-refractivity contribution in [2.75, 3.05) is 26.7 Å². The number of benzene rings is 1. The van der Waals surface area contributed by atoms with Crippen molar-refractivity contribution >= 4 is 41.3 Å². The van der Waals surface area contributed by atoms with Gasteiger partial charge in [0.1, 0.15) is 0 Å². The van der Waals surface area contributed by atoms with Crippen LogP contribution in [0.2, 0.25) is 0 Å². The lowest BCUT2D eigenvalue weighted by Gasteiger charge is -2.31. The average molecular weight is 514 g/mol. The molecule has 0 bridgehead atoms. The third-order valence-electron chi connectivity index (χ3n) is 4.79. The van der Waals surface area contributed by atoms with E-state index in [1.807, 2.05) is 7.05 Å². The first-order chi connectivity index (χ1) is 13.1. The van der Waals surface area contributed by atoms with Crippen molar-refractivity contribution in [2.45, 2.75) is 39.6 Å². The minimum Gasteiger partial charge on any atom is -0.376 e. The van der Waals surface area contributed by atoms with Crippen molar-refractivity contribution in [3.63, 3.8) is 0 Å². The molecule has 1 aromatic carbocycles. The van der Waals surface area contributed by atoms with E-state index >= 15 is 0 Å². The van der Waals surface area contributed by atoms with Crippen molar-refractivity contribution in [3.8, 4) is 0 Å². The Balaban J connectivity index is 0.00000280. The van der Waals surface area contributed by atoms with E-state index in [9.17, 15) is 0 Å². The number of nitrogens with one attached hydrogen (secondary N) is 2. The lowest BCUT2D eigenvalue weighted by Crippen LogP contribution is -2.40. The van der Waals surface area contributed by atoms with Crippen LogP contribution >= 0.6 is 35.3 Å². The third kappa shape index (κ3) is 7.02. The zero-order valence-electron chi connectivity index (χ0n) is 16.9. The van der Waals surface area contributed by atoms with Crippen LogP contribution in [0.15, 0.2) is 40.7 Å². The van der Waals surface area contributed by atoms with E-state index in [2.05, 4.69) is 70.1 Å². The first-order valence-electron chi connectivity index (χ1n) is 9.53. The molecule has 1 saturated heterocycles. The van der Waals surface area contributed by atoms with Gasteiger partial charge >= 0.3 is 0 Å². The molecule has 1 aliphatic heterocycles. The summed E-state index contributed by atoms with van der Waals surface area (Å²) < 4.78 is 5.63. The molecule has 28 heavy (non-hydrogen) atoms. The van der Waals surface area contributed by atoms with Gasteiger partial charge in [0, 0.05) is 38.1 Å². The first kappa shape index (κ1) is 23.1. The number of halogens is 1. The number of ether oxygens (including phenoxy) is 1. The maximum atomic E-state index is 5.63. The number of hydrogen-bond donors (Lipinski definition) is 2. The summed E-state index contributed by atoms with van der Waals surface area (Å²) in [6, 6.07) is 10.9. The monoisotopic (exact) mass is 514 g/mol. The van der Waals surface area contributed by atoms with Gasteiger partial charge < -0.3 is 15.4 Å². The normalized spacial score (nSPS) is 17.8. The Hall–Kier alpha value is -1.16. The molecular formula is C21H31IN4OS. The van der Waals surface area contributed by atoms with Gasteiger partial charge in [-0.3, -0.25) is 9.89 Å². The SMILES string of the molecule is CN=C(NCc1cccc(CN2CCOC(C)C2)c1)NCc1sccc1C.I. The highest BCUT2D eigenvalue weighted by Crippen LogP contribution is 2.15. The summed E-state index contributed by atoms with van der Waals surface area (Å²) in [7, 11) is 1.81. The number of hydrogen-bond acceptors (Lipinski definition) is 4.